The molecule has 1 aliphatic heterocycles. The van der Waals surface area contributed by atoms with Gasteiger partial charge in [-0.25, -0.2) is 17.8 Å². The second kappa shape index (κ2) is 7.41. The Kier molecular flexibility index (Phi) is 4.96. The van der Waals surface area contributed by atoms with Gasteiger partial charge in [-0.3, -0.25) is 15.2 Å². The van der Waals surface area contributed by atoms with Crippen molar-refractivity contribution in [2.45, 2.75) is 17.2 Å². The van der Waals surface area contributed by atoms with Gasteiger partial charge >= 0.3 is 0 Å². The summed E-state index contributed by atoms with van der Waals surface area (Å²) < 4.78 is 39.9. The van der Waals surface area contributed by atoms with E-state index in [1.165, 1.54) is 27.8 Å². The minimum Gasteiger partial charge on any atom is -0.296 e. The van der Waals surface area contributed by atoms with Gasteiger partial charge in [0.25, 0.3) is 5.91 Å². The van der Waals surface area contributed by atoms with E-state index in [1.54, 1.807) is 17.6 Å². The van der Waals surface area contributed by atoms with E-state index in [1.807, 2.05) is 0 Å². The number of anilines is 1. The summed E-state index contributed by atoms with van der Waals surface area (Å²) in [7, 11) is -3.69. The molecule has 11 heteroatoms. The quantitative estimate of drug-likeness (QED) is 0.658. The summed E-state index contributed by atoms with van der Waals surface area (Å²) in [5.74, 6) is -0.977. The van der Waals surface area contributed by atoms with E-state index < -0.39 is 15.8 Å². The van der Waals surface area contributed by atoms with E-state index in [-0.39, 0.29) is 29.0 Å². The summed E-state index contributed by atoms with van der Waals surface area (Å²) in [6.07, 6.45) is 2.18. The molecule has 146 valence electrons. The van der Waals surface area contributed by atoms with Gasteiger partial charge in [-0.1, -0.05) is 0 Å². The molecule has 3 aromatic rings. The topological polar surface area (TPSA) is 108 Å². The summed E-state index contributed by atoms with van der Waals surface area (Å²) in [5.41, 5.74) is 0.908. The number of amides is 1. The molecule has 3 heterocycles. The van der Waals surface area contributed by atoms with E-state index in [2.05, 4.69) is 20.5 Å². The number of H-pyrrole nitrogens is 1. The molecule has 0 unspecified atom stereocenters. The number of carbonyl (C=O) groups is 1. The van der Waals surface area contributed by atoms with Crippen LogP contribution in [-0.2, 0) is 10.0 Å². The third-order valence-electron chi connectivity index (χ3n) is 4.53. The molecule has 1 amide bonds. The predicted molar refractivity (Wildman–Crippen MR) is 101 cm³/mol. The van der Waals surface area contributed by atoms with Crippen LogP contribution < -0.4 is 5.32 Å². The van der Waals surface area contributed by atoms with Gasteiger partial charge < -0.3 is 0 Å². The van der Waals surface area contributed by atoms with Crippen molar-refractivity contribution >= 4 is 32.4 Å². The largest absolute Gasteiger partial charge is 0.296 e. The summed E-state index contributed by atoms with van der Waals surface area (Å²) in [6, 6.07) is 6.40. The van der Waals surface area contributed by atoms with Crippen molar-refractivity contribution in [1.82, 2.24) is 19.5 Å². The Labute approximate surface area is 164 Å². The van der Waals surface area contributed by atoms with Gasteiger partial charge in [-0.2, -0.15) is 9.40 Å². The van der Waals surface area contributed by atoms with E-state index >= 15 is 0 Å². The third kappa shape index (κ3) is 3.68. The van der Waals surface area contributed by atoms with Crippen molar-refractivity contribution in [3.05, 3.63) is 59.1 Å². The molecule has 1 atom stereocenters. The molecule has 0 spiro atoms. The van der Waals surface area contributed by atoms with Crippen LogP contribution in [0.3, 0.4) is 0 Å². The van der Waals surface area contributed by atoms with E-state index in [4.69, 9.17) is 0 Å². The number of sulfonamides is 1. The normalized spacial score (nSPS) is 17.7. The second-order valence-electron chi connectivity index (χ2n) is 6.30. The van der Waals surface area contributed by atoms with E-state index in [0.717, 1.165) is 12.1 Å². The van der Waals surface area contributed by atoms with Crippen molar-refractivity contribution in [2.24, 2.45) is 0 Å². The maximum absolute atomic E-state index is 13.1. The van der Waals surface area contributed by atoms with Crippen LogP contribution in [0.2, 0.25) is 0 Å². The van der Waals surface area contributed by atoms with Crippen LogP contribution in [0, 0.1) is 5.82 Å². The highest BCUT2D eigenvalue weighted by atomic mass is 32.2. The molecule has 0 bridgehead atoms. The zero-order valence-corrected chi connectivity index (χ0v) is 16.1. The van der Waals surface area contributed by atoms with Gasteiger partial charge in [-0.05, 0) is 36.8 Å². The number of thiazole rings is 1. The lowest BCUT2D eigenvalue weighted by Gasteiger charge is -2.16. The molecule has 4 rings (SSSR count). The van der Waals surface area contributed by atoms with Crippen LogP contribution in [0.1, 0.15) is 28.5 Å². The van der Waals surface area contributed by atoms with Crippen LogP contribution in [0.5, 0.6) is 0 Å². The maximum atomic E-state index is 13.1. The lowest BCUT2D eigenvalue weighted by atomic mass is 10.1. The van der Waals surface area contributed by atoms with Crippen molar-refractivity contribution in [3.63, 3.8) is 0 Å². The monoisotopic (exact) mass is 421 g/mol. The Morgan fingerprint density at radius 3 is 2.82 bits per heavy atom. The van der Waals surface area contributed by atoms with Gasteiger partial charge in [0.15, 0.2) is 10.8 Å². The first-order valence-corrected chi connectivity index (χ1v) is 10.8. The van der Waals surface area contributed by atoms with Gasteiger partial charge in [0.2, 0.25) is 10.0 Å². The molecule has 0 aliphatic carbocycles. The van der Waals surface area contributed by atoms with Crippen molar-refractivity contribution in [3.8, 4) is 0 Å². The van der Waals surface area contributed by atoms with Gasteiger partial charge in [0.1, 0.15) is 5.82 Å². The summed E-state index contributed by atoms with van der Waals surface area (Å²) in [5, 5.41) is 11.7. The smallest absolute Gasteiger partial charge is 0.277 e. The van der Waals surface area contributed by atoms with E-state index in [9.17, 15) is 17.6 Å². The fourth-order valence-electron chi connectivity index (χ4n) is 3.06. The molecule has 2 N–H and O–H groups in total. The van der Waals surface area contributed by atoms with Gasteiger partial charge in [-0.15, -0.1) is 11.3 Å². The highest BCUT2D eigenvalue weighted by Crippen LogP contribution is 2.30. The Morgan fingerprint density at radius 2 is 2.11 bits per heavy atom. The molecular formula is C17H16FN5O3S2. The summed E-state index contributed by atoms with van der Waals surface area (Å²) in [4.78, 5) is 16.3. The molecule has 1 saturated heterocycles. The predicted octanol–water partition coefficient (Wildman–Crippen LogP) is 2.44. The fourth-order valence-corrected chi connectivity index (χ4v) is 5.09. The first-order chi connectivity index (χ1) is 13.4. The molecule has 0 radical (unpaired) electrons. The number of carbonyl (C=O) groups excluding carboxylic acids is 1. The number of nitrogens with one attached hydrogen (secondary N) is 2. The molecular weight excluding hydrogens is 405 g/mol. The Bertz CT molecular complexity index is 1080. The third-order valence-corrected chi connectivity index (χ3v) is 7.09. The van der Waals surface area contributed by atoms with Crippen LogP contribution in [0.25, 0.3) is 0 Å². The number of aromatic amines is 1. The highest BCUT2D eigenvalue weighted by Gasteiger charge is 2.34. The average molecular weight is 421 g/mol. The van der Waals surface area contributed by atoms with Crippen LogP contribution in [0.4, 0.5) is 9.52 Å². The van der Waals surface area contributed by atoms with Crippen LogP contribution in [0.15, 0.2) is 46.8 Å². The second-order valence-corrected chi connectivity index (χ2v) is 9.13. The number of rotatable bonds is 5. The number of halogens is 1. The molecule has 2 aromatic heterocycles. The minimum absolute atomic E-state index is 0.0580. The highest BCUT2D eigenvalue weighted by molar-refractivity contribution is 7.89. The molecule has 0 saturated carbocycles. The molecule has 1 aromatic carbocycles. The standard InChI is InChI=1S/C17H16FN5O3S2/c18-12-1-3-13(4-2-12)28(25,26)23-7-5-11(10-23)14-9-15(22-21-14)16(24)20-17-19-6-8-27-17/h1-4,6,8-9,11H,5,7,10H2,(H,21,22)(H,19,20,24)/t11-/m1/s1. The molecule has 1 aliphatic rings. The number of hydrogen-bond donors (Lipinski definition) is 2. The summed E-state index contributed by atoms with van der Waals surface area (Å²) in [6.45, 7) is 0.597. The van der Waals surface area contributed by atoms with Crippen molar-refractivity contribution in [2.75, 3.05) is 18.4 Å². The zero-order chi connectivity index (χ0) is 19.7. The van der Waals surface area contributed by atoms with Crippen LogP contribution in [-0.4, -0.2) is 46.9 Å². The molecule has 8 nitrogen and oxygen atoms in total. The minimum atomic E-state index is -3.69. The van der Waals surface area contributed by atoms with Gasteiger partial charge in [0.05, 0.1) is 4.90 Å². The number of benzene rings is 1. The average Bonchev–Trinajstić information content (AvgIpc) is 3.42. The first kappa shape index (κ1) is 18.7. The maximum Gasteiger partial charge on any atom is 0.277 e. The van der Waals surface area contributed by atoms with Crippen molar-refractivity contribution in [1.29, 1.82) is 0 Å². The molecule has 28 heavy (non-hydrogen) atoms. The number of aromatic nitrogens is 3. The Morgan fingerprint density at radius 1 is 1.32 bits per heavy atom. The van der Waals surface area contributed by atoms with Crippen molar-refractivity contribution < 1.29 is 17.6 Å². The Hall–Kier alpha value is -2.63. The lowest BCUT2D eigenvalue weighted by molar-refractivity contribution is 0.102. The fraction of sp³-hybridized carbons (Fsp3) is 0.235. The van der Waals surface area contributed by atoms with Gasteiger partial charge in [0, 0.05) is 36.3 Å². The number of nitrogens with zero attached hydrogens (tertiary/aromatic N) is 3. The zero-order valence-electron chi connectivity index (χ0n) is 14.5. The lowest BCUT2D eigenvalue weighted by Crippen LogP contribution is -2.28. The SMILES string of the molecule is O=C(Nc1nccs1)c1cc([C@@H]2CCN(S(=O)(=O)c3ccc(F)cc3)C2)[nH]n1. The number of hydrogen-bond acceptors (Lipinski definition) is 6. The first-order valence-electron chi connectivity index (χ1n) is 8.45. The summed E-state index contributed by atoms with van der Waals surface area (Å²) >= 11 is 1.30. The Balaban J connectivity index is 1.45. The van der Waals surface area contributed by atoms with E-state index in [0.29, 0.717) is 23.8 Å². The molecule has 1 fully saturated rings. The van der Waals surface area contributed by atoms with Crippen LogP contribution >= 0.6 is 11.3 Å².